The van der Waals surface area contributed by atoms with Crippen LogP contribution in [0.25, 0.3) is 11.3 Å². The summed E-state index contributed by atoms with van der Waals surface area (Å²) in [6.45, 7) is 2.62. The van der Waals surface area contributed by atoms with E-state index in [1.807, 2.05) is 24.4 Å². The van der Waals surface area contributed by atoms with Crippen LogP contribution in [-0.2, 0) is 6.54 Å². The number of nitrogens with one attached hydrogen (secondary N) is 1. The summed E-state index contributed by atoms with van der Waals surface area (Å²) in [5, 5.41) is 12.0. The number of anilines is 1. The molecule has 1 aliphatic rings. The minimum atomic E-state index is -0.224. The highest BCUT2D eigenvalue weighted by Gasteiger charge is 2.23. The molecule has 1 aromatic heterocycles. The Kier molecular flexibility index (Phi) is 4.69. The maximum absolute atomic E-state index is 13.8. The van der Waals surface area contributed by atoms with Crippen LogP contribution >= 0.6 is 0 Å². The summed E-state index contributed by atoms with van der Waals surface area (Å²) >= 11 is 0. The third kappa shape index (κ3) is 3.62. The normalized spacial score (nSPS) is 19.6. The molecular formula is C21H22FN4. The molecule has 2 atom stereocenters. The smallest absolute Gasteiger partial charge is 0.128 e. The number of benzene rings is 2. The molecule has 4 nitrogen and oxygen atoms in total. The van der Waals surface area contributed by atoms with Crippen molar-refractivity contribution in [1.29, 1.82) is 0 Å². The third-order valence-corrected chi connectivity index (χ3v) is 4.99. The Morgan fingerprint density at radius 2 is 2.08 bits per heavy atom. The van der Waals surface area contributed by atoms with Gasteiger partial charge in [-0.05, 0) is 43.4 Å². The standard InChI is InChI=1S/C21H22FN4/c1-15-6-4-11-20(15)23-18-9-5-8-16(12-18)21-14-26(25-24-21)13-17-7-2-3-10-19(17)22/h2-3,5-10,12,14-15,20,23H,4,11,13H2,1H3. The van der Waals surface area contributed by atoms with Gasteiger partial charge in [-0.3, -0.25) is 0 Å². The van der Waals surface area contributed by atoms with Gasteiger partial charge in [-0.25, -0.2) is 9.07 Å². The first-order chi connectivity index (χ1) is 12.7. The largest absolute Gasteiger partial charge is 0.382 e. The molecule has 1 aliphatic carbocycles. The van der Waals surface area contributed by atoms with Crippen LogP contribution in [0.3, 0.4) is 0 Å². The van der Waals surface area contributed by atoms with E-state index in [9.17, 15) is 4.39 Å². The second-order valence-electron chi connectivity index (χ2n) is 6.90. The van der Waals surface area contributed by atoms with Gasteiger partial charge in [0.15, 0.2) is 0 Å². The Balaban J connectivity index is 1.50. The number of aromatic nitrogens is 3. The Bertz CT molecular complexity index is 889. The first kappa shape index (κ1) is 16.8. The van der Waals surface area contributed by atoms with Gasteiger partial charge in [-0.2, -0.15) is 0 Å². The van der Waals surface area contributed by atoms with E-state index in [4.69, 9.17) is 0 Å². The van der Waals surface area contributed by atoms with E-state index >= 15 is 0 Å². The fourth-order valence-electron chi connectivity index (χ4n) is 3.46. The highest BCUT2D eigenvalue weighted by Crippen LogP contribution is 2.28. The number of hydrogen-bond acceptors (Lipinski definition) is 3. The average Bonchev–Trinajstić information content (AvgIpc) is 3.27. The van der Waals surface area contributed by atoms with Crippen molar-refractivity contribution < 1.29 is 4.39 Å². The van der Waals surface area contributed by atoms with Crippen LogP contribution in [0.15, 0.2) is 54.7 Å². The molecule has 1 N–H and O–H groups in total. The van der Waals surface area contributed by atoms with E-state index in [1.54, 1.807) is 16.8 Å². The predicted molar refractivity (Wildman–Crippen MR) is 101 cm³/mol. The quantitative estimate of drug-likeness (QED) is 0.735. The molecular weight excluding hydrogens is 327 g/mol. The second kappa shape index (κ2) is 7.28. The summed E-state index contributed by atoms with van der Waals surface area (Å²) in [5.74, 6) is 0.360. The Morgan fingerprint density at radius 3 is 2.88 bits per heavy atom. The average molecular weight is 349 g/mol. The van der Waals surface area contributed by atoms with Gasteiger partial charge in [-0.1, -0.05) is 42.5 Å². The molecule has 1 saturated carbocycles. The molecule has 0 saturated heterocycles. The number of nitrogens with zero attached hydrogens (tertiary/aromatic N) is 3. The maximum atomic E-state index is 13.8. The second-order valence-corrected chi connectivity index (χ2v) is 6.90. The van der Waals surface area contributed by atoms with E-state index in [2.05, 4.69) is 41.1 Å². The van der Waals surface area contributed by atoms with E-state index < -0.39 is 0 Å². The molecule has 0 aliphatic heterocycles. The monoisotopic (exact) mass is 349 g/mol. The lowest BCUT2D eigenvalue weighted by molar-refractivity contribution is 0.577. The van der Waals surface area contributed by atoms with Crippen LogP contribution < -0.4 is 5.32 Å². The van der Waals surface area contributed by atoms with Crippen LogP contribution in [0.1, 0.15) is 25.3 Å². The van der Waals surface area contributed by atoms with Gasteiger partial charge < -0.3 is 5.32 Å². The fraction of sp³-hybridized carbons (Fsp3) is 0.286. The van der Waals surface area contributed by atoms with Gasteiger partial charge in [0.2, 0.25) is 0 Å². The highest BCUT2D eigenvalue weighted by molar-refractivity contribution is 5.64. The molecule has 1 radical (unpaired) electrons. The maximum Gasteiger partial charge on any atom is 0.128 e. The van der Waals surface area contributed by atoms with Gasteiger partial charge in [0.1, 0.15) is 11.5 Å². The van der Waals surface area contributed by atoms with Crippen LogP contribution in [0.2, 0.25) is 0 Å². The van der Waals surface area contributed by atoms with Gasteiger partial charge in [-0.15, -0.1) is 5.10 Å². The number of hydrogen-bond donors (Lipinski definition) is 1. The minimum absolute atomic E-state index is 0.224. The van der Waals surface area contributed by atoms with E-state index in [-0.39, 0.29) is 5.82 Å². The summed E-state index contributed by atoms with van der Waals surface area (Å²) in [7, 11) is 0. The van der Waals surface area contributed by atoms with Crippen molar-refractivity contribution in [2.24, 2.45) is 5.92 Å². The van der Waals surface area contributed by atoms with Crippen LogP contribution in [-0.4, -0.2) is 21.0 Å². The number of rotatable bonds is 5. The topological polar surface area (TPSA) is 42.7 Å². The van der Waals surface area contributed by atoms with Gasteiger partial charge in [0.25, 0.3) is 0 Å². The van der Waals surface area contributed by atoms with Crippen molar-refractivity contribution in [2.75, 3.05) is 5.32 Å². The van der Waals surface area contributed by atoms with Crippen molar-refractivity contribution in [3.8, 4) is 11.3 Å². The van der Waals surface area contributed by atoms with E-state index in [0.717, 1.165) is 16.9 Å². The van der Waals surface area contributed by atoms with Crippen LogP contribution in [0.4, 0.5) is 10.1 Å². The molecule has 133 valence electrons. The van der Waals surface area contributed by atoms with Crippen molar-refractivity contribution in [3.05, 3.63) is 72.5 Å². The molecule has 2 aromatic carbocycles. The molecule has 0 bridgehead atoms. The molecule has 0 spiro atoms. The van der Waals surface area contributed by atoms with E-state index in [0.29, 0.717) is 24.1 Å². The lowest BCUT2D eigenvalue weighted by atomic mass is 10.1. The zero-order valence-corrected chi connectivity index (χ0v) is 14.8. The lowest BCUT2D eigenvalue weighted by Gasteiger charge is -2.18. The molecule has 26 heavy (non-hydrogen) atoms. The van der Waals surface area contributed by atoms with Crippen LogP contribution in [0, 0.1) is 18.2 Å². The third-order valence-electron chi connectivity index (χ3n) is 4.99. The first-order valence-corrected chi connectivity index (χ1v) is 9.03. The zero-order valence-electron chi connectivity index (χ0n) is 14.8. The van der Waals surface area contributed by atoms with Gasteiger partial charge in [0, 0.05) is 22.9 Å². The predicted octanol–water partition coefficient (Wildman–Crippen LogP) is 4.55. The summed E-state index contributed by atoms with van der Waals surface area (Å²) in [6, 6.07) is 15.5. The van der Waals surface area contributed by atoms with Crippen molar-refractivity contribution in [1.82, 2.24) is 15.0 Å². The summed E-state index contributed by atoms with van der Waals surface area (Å²) in [4.78, 5) is 0. The Morgan fingerprint density at radius 1 is 1.19 bits per heavy atom. The molecule has 5 heteroatoms. The Labute approximate surface area is 153 Å². The summed E-state index contributed by atoms with van der Waals surface area (Å²) in [6.07, 6.45) is 6.57. The molecule has 2 unspecified atom stereocenters. The summed E-state index contributed by atoms with van der Waals surface area (Å²) in [5.41, 5.74) is 3.49. The molecule has 1 fully saturated rings. The van der Waals surface area contributed by atoms with Crippen molar-refractivity contribution in [2.45, 2.75) is 32.4 Å². The minimum Gasteiger partial charge on any atom is -0.382 e. The molecule has 1 heterocycles. The fourth-order valence-corrected chi connectivity index (χ4v) is 3.46. The van der Waals surface area contributed by atoms with E-state index in [1.165, 1.54) is 18.9 Å². The number of halogens is 1. The van der Waals surface area contributed by atoms with Crippen LogP contribution in [0.5, 0.6) is 0 Å². The molecule has 3 aromatic rings. The highest BCUT2D eigenvalue weighted by atomic mass is 19.1. The summed E-state index contributed by atoms with van der Waals surface area (Å²) < 4.78 is 15.5. The Hall–Kier alpha value is -2.69. The molecule has 4 rings (SSSR count). The zero-order chi connectivity index (χ0) is 17.9. The first-order valence-electron chi connectivity index (χ1n) is 9.03. The van der Waals surface area contributed by atoms with Crippen molar-refractivity contribution >= 4 is 5.69 Å². The van der Waals surface area contributed by atoms with Gasteiger partial charge in [0.05, 0.1) is 12.7 Å². The lowest BCUT2D eigenvalue weighted by Crippen LogP contribution is -2.21. The molecule has 0 amide bonds. The SMILES string of the molecule is CC1[CH]CCC1Nc1cccc(-c2cn(Cc3ccccc3F)nn2)c1. The van der Waals surface area contributed by atoms with Crippen molar-refractivity contribution in [3.63, 3.8) is 0 Å². The van der Waals surface area contributed by atoms with Gasteiger partial charge >= 0.3 is 0 Å².